The molecule has 2 rings (SSSR count). The largest absolute Gasteiger partial charge is 0.381 e. The Morgan fingerprint density at radius 1 is 0.792 bits per heavy atom. The van der Waals surface area contributed by atoms with Crippen molar-refractivity contribution in [1.82, 2.24) is 0 Å². The fourth-order valence-corrected chi connectivity index (χ4v) is 2.57. The van der Waals surface area contributed by atoms with Crippen LogP contribution in [0.5, 0.6) is 0 Å². The molecular formula is C14H24N6O4. The Kier molecular flexibility index (Phi) is 7.58. The number of ether oxygens (including phenoxy) is 4. The predicted octanol–water partition coefficient (Wildman–Crippen LogP) is 2.45. The van der Waals surface area contributed by atoms with Crippen LogP contribution in [-0.4, -0.2) is 65.9 Å². The van der Waals surface area contributed by atoms with E-state index >= 15 is 0 Å². The molecule has 2 heterocycles. The van der Waals surface area contributed by atoms with Crippen LogP contribution < -0.4 is 0 Å². The highest BCUT2D eigenvalue weighted by atomic mass is 16.5. The van der Waals surface area contributed by atoms with Gasteiger partial charge in [0, 0.05) is 47.0 Å². The summed E-state index contributed by atoms with van der Waals surface area (Å²) in [7, 11) is 0. The Balaban J connectivity index is 1.48. The standard InChI is InChI=1S/C14H24N6O4/c15-19-17-5-13(9-23-10-13)7-21-3-1-2-4-22-8-14(6-18-20-16)11-24-12-14/h1-12H2. The Morgan fingerprint density at radius 3 is 1.50 bits per heavy atom. The topological polar surface area (TPSA) is 134 Å². The quantitative estimate of drug-likeness (QED) is 0.220. The molecule has 0 aromatic carbocycles. The molecule has 0 saturated carbocycles. The van der Waals surface area contributed by atoms with Crippen molar-refractivity contribution < 1.29 is 18.9 Å². The zero-order valence-electron chi connectivity index (χ0n) is 13.8. The van der Waals surface area contributed by atoms with Gasteiger partial charge < -0.3 is 18.9 Å². The molecule has 24 heavy (non-hydrogen) atoms. The van der Waals surface area contributed by atoms with Crippen molar-refractivity contribution in [2.24, 2.45) is 21.1 Å². The minimum absolute atomic E-state index is 0.138. The number of nitrogens with zero attached hydrogens (tertiary/aromatic N) is 6. The first kappa shape index (κ1) is 18.8. The fraction of sp³-hybridized carbons (Fsp3) is 1.00. The van der Waals surface area contributed by atoms with Crippen molar-refractivity contribution >= 4 is 0 Å². The third-order valence-corrected chi connectivity index (χ3v) is 4.22. The van der Waals surface area contributed by atoms with Crippen LogP contribution in [-0.2, 0) is 18.9 Å². The van der Waals surface area contributed by atoms with Crippen LogP contribution in [0.25, 0.3) is 20.9 Å². The minimum Gasteiger partial charge on any atom is -0.381 e. The first-order valence-electron chi connectivity index (χ1n) is 8.07. The van der Waals surface area contributed by atoms with Crippen LogP contribution in [0.4, 0.5) is 0 Å². The van der Waals surface area contributed by atoms with Gasteiger partial charge in [-0.3, -0.25) is 0 Å². The van der Waals surface area contributed by atoms with Crippen LogP contribution in [0.3, 0.4) is 0 Å². The lowest BCUT2D eigenvalue weighted by atomic mass is 9.87. The van der Waals surface area contributed by atoms with E-state index in [0.29, 0.717) is 65.9 Å². The molecule has 2 saturated heterocycles. The molecule has 0 aromatic rings. The van der Waals surface area contributed by atoms with Crippen LogP contribution in [0.2, 0.25) is 0 Å². The lowest BCUT2D eigenvalue weighted by Crippen LogP contribution is -2.48. The molecular weight excluding hydrogens is 316 g/mol. The highest BCUT2D eigenvalue weighted by Crippen LogP contribution is 2.29. The lowest BCUT2D eigenvalue weighted by Gasteiger charge is -2.40. The number of rotatable bonds is 13. The van der Waals surface area contributed by atoms with Gasteiger partial charge in [-0.05, 0) is 23.9 Å². The molecule has 10 nitrogen and oxygen atoms in total. The van der Waals surface area contributed by atoms with Gasteiger partial charge in [0.25, 0.3) is 0 Å². The predicted molar refractivity (Wildman–Crippen MR) is 85.4 cm³/mol. The summed E-state index contributed by atoms with van der Waals surface area (Å²) in [4.78, 5) is 5.59. The van der Waals surface area contributed by atoms with Crippen molar-refractivity contribution in [3.8, 4) is 0 Å². The molecule has 10 heteroatoms. The Labute approximate surface area is 140 Å². The van der Waals surface area contributed by atoms with Gasteiger partial charge in [-0.25, -0.2) is 0 Å². The van der Waals surface area contributed by atoms with Gasteiger partial charge in [-0.15, -0.1) is 0 Å². The lowest BCUT2D eigenvalue weighted by molar-refractivity contribution is -0.145. The van der Waals surface area contributed by atoms with Crippen LogP contribution >= 0.6 is 0 Å². The molecule has 2 aliphatic rings. The fourth-order valence-electron chi connectivity index (χ4n) is 2.57. The van der Waals surface area contributed by atoms with E-state index in [2.05, 4.69) is 20.1 Å². The van der Waals surface area contributed by atoms with Crippen molar-refractivity contribution in [2.75, 3.05) is 65.9 Å². The Morgan fingerprint density at radius 2 is 1.21 bits per heavy atom. The smallest absolute Gasteiger partial charge is 0.0568 e. The summed E-state index contributed by atoms with van der Waals surface area (Å²) in [6.07, 6.45) is 1.80. The van der Waals surface area contributed by atoms with Gasteiger partial charge in [-0.1, -0.05) is 10.2 Å². The number of azide groups is 2. The van der Waals surface area contributed by atoms with Crippen molar-refractivity contribution in [1.29, 1.82) is 0 Å². The SMILES string of the molecule is [N-]=[N+]=NCC1(COCCCCOCC2(CN=[N+]=[N-])COC2)COC1. The molecule has 0 N–H and O–H groups in total. The Hall–Kier alpha value is -1.54. The van der Waals surface area contributed by atoms with Crippen molar-refractivity contribution in [3.63, 3.8) is 0 Å². The van der Waals surface area contributed by atoms with Gasteiger partial charge in [0.05, 0.1) is 39.6 Å². The van der Waals surface area contributed by atoms with E-state index in [1.54, 1.807) is 0 Å². The summed E-state index contributed by atoms with van der Waals surface area (Å²) < 4.78 is 21.7. The second kappa shape index (κ2) is 9.68. The molecule has 0 aromatic heterocycles. The summed E-state index contributed by atoms with van der Waals surface area (Å²) in [6.45, 7) is 5.59. The third-order valence-electron chi connectivity index (χ3n) is 4.22. The Bertz CT molecular complexity index is 438. The molecule has 2 fully saturated rings. The zero-order valence-corrected chi connectivity index (χ0v) is 13.8. The number of hydrogen-bond acceptors (Lipinski definition) is 6. The van der Waals surface area contributed by atoms with Crippen LogP contribution in [0, 0.1) is 10.8 Å². The average molecular weight is 340 g/mol. The van der Waals surface area contributed by atoms with E-state index in [1.165, 1.54) is 0 Å². The van der Waals surface area contributed by atoms with Gasteiger partial charge in [0.15, 0.2) is 0 Å². The maximum Gasteiger partial charge on any atom is 0.0568 e. The zero-order chi connectivity index (χ0) is 17.1. The van der Waals surface area contributed by atoms with E-state index in [4.69, 9.17) is 30.0 Å². The molecule has 0 amide bonds. The molecule has 2 aliphatic heterocycles. The summed E-state index contributed by atoms with van der Waals surface area (Å²) >= 11 is 0. The van der Waals surface area contributed by atoms with Gasteiger partial charge in [-0.2, -0.15) is 0 Å². The maximum absolute atomic E-state index is 8.40. The van der Waals surface area contributed by atoms with Gasteiger partial charge in [0.2, 0.25) is 0 Å². The second-order valence-corrected chi connectivity index (χ2v) is 6.58. The highest BCUT2D eigenvalue weighted by molar-refractivity contribution is 4.88. The average Bonchev–Trinajstić information content (AvgIpc) is 2.52. The number of hydrogen-bond donors (Lipinski definition) is 0. The van der Waals surface area contributed by atoms with Gasteiger partial charge in [0.1, 0.15) is 0 Å². The van der Waals surface area contributed by atoms with E-state index < -0.39 is 0 Å². The van der Waals surface area contributed by atoms with Crippen molar-refractivity contribution in [2.45, 2.75) is 12.8 Å². The monoisotopic (exact) mass is 340 g/mol. The van der Waals surface area contributed by atoms with E-state index in [-0.39, 0.29) is 10.8 Å². The minimum atomic E-state index is -0.138. The van der Waals surface area contributed by atoms with Gasteiger partial charge >= 0.3 is 0 Å². The van der Waals surface area contributed by atoms with Crippen LogP contribution in [0.15, 0.2) is 10.2 Å². The van der Waals surface area contributed by atoms with E-state index in [9.17, 15) is 0 Å². The van der Waals surface area contributed by atoms with Crippen LogP contribution in [0.1, 0.15) is 12.8 Å². The van der Waals surface area contributed by atoms with Crippen molar-refractivity contribution in [3.05, 3.63) is 20.9 Å². The third kappa shape index (κ3) is 5.52. The summed E-state index contributed by atoms with van der Waals surface area (Å²) in [5.41, 5.74) is 16.5. The number of unbranched alkanes of at least 4 members (excludes halogenated alkanes) is 1. The highest BCUT2D eigenvalue weighted by Gasteiger charge is 2.39. The second-order valence-electron chi connectivity index (χ2n) is 6.58. The normalized spacial score (nSPS) is 20.2. The molecule has 0 bridgehead atoms. The molecule has 0 unspecified atom stereocenters. The summed E-state index contributed by atoms with van der Waals surface area (Å²) in [5, 5.41) is 7.25. The summed E-state index contributed by atoms with van der Waals surface area (Å²) in [5.74, 6) is 0. The molecule has 0 atom stereocenters. The van der Waals surface area contributed by atoms with E-state index in [1.807, 2.05) is 0 Å². The molecule has 0 radical (unpaired) electrons. The maximum atomic E-state index is 8.40. The molecule has 134 valence electrons. The molecule has 0 spiro atoms. The van der Waals surface area contributed by atoms with E-state index in [0.717, 1.165) is 12.8 Å². The first-order chi connectivity index (χ1) is 11.7. The molecule has 0 aliphatic carbocycles. The first-order valence-corrected chi connectivity index (χ1v) is 8.07. The summed E-state index contributed by atoms with van der Waals surface area (Å²) in [6, 6.07) is 0.